The number of hydrogen-bond acceptors (Lipinski definition) is 4. The van der Waals surface area contributed by atoms with Gasteiger partial charge in [0.2, 0.25) is 5.91 Å². The number of nitrogens with one attached hydrogen (secondary N) is 1. The zero-order valence-electron chi connectivity index (χ0n) is 14.2. The predicted octanol–water partition coefficient (Wildman–Crippen LogP) is 3.03. The van der Waals surface area contributed by atoms with Crippen molar-refractivity contribution in [2.24, 2.45) is 0 Å². The lowest BCUT2D eigenvalue weighted by molar-refractivity contribution is -0.120. The van der Waals surface area contributed by atoms with Crippen LogP contribution in [0.1, 0.15) is 17.5 Å². The lowest BCUT2D eigenvalue weighted by atomic mass is 10.1. The van der Waals surface area contributed by atoms with Gasteiger partial charge in [0, 0.05) is 18.5 Å². The summed E-state index contributed by atoms with van der Waals surface area (Å²) in [6.45, 7) is 2.69. The Morgan fingerprint density at radius 1 is 1.12 bits per heavy atom. The van der Waals surface area contributed by atoms with E-state index >= 15 is 0 Å². The number of rotatable bonds is 5. The topological polar surface area (TPSA) is 67.9 Å². The minimum atomic E-state index is -0.397. The van der Waals surface area contributed by atoms with Crippen LogP contribution in [0.15, 0.2) is 42.5 Å². The Hall–Kier alpha value is -3.02. The van der Waals surface area contributed by atoms with E-state index < -0.39 is 6.03 Å². The zero-order valence-corrected chi connectivity index (χ0v) is 14.2. The lowest BCUT2D eigenvalue weighted by Crippen LogP contribution is -2.49. The molecule has 1 fully saturated rings. The fraction of sp³-hybridized carbons (Fsp3) is 0.263. The molecule has 1 N–H and O–H groups in total. The first kappa shape index (κ1) is 16.8. The quantitative estimate of drug-likeness (QED) is 0.908. The van der Waals surface area contributed by atoms with Crippen molar-refractivity contribution >= 4 is 17.6 Å². The van der Waals surface area contributed by atoms with Gasteiger partial charge in [-0.3, -0.25) is 15.0 Å². The molecular weight excluding hydrogens is 320 g/mol. The predicted molar refractivity (Wildman–Crippen MR) is 94.0 cm³/mol. The molecule has 0 unspecified atom stereocenters. The van der Waals surface area contributed by atoms with Gasteiger partial charge in [0.15, 0.2) is 0 Å². The molecule has 3 amide bonds. The number of urea groups is 1. The van der Waals surface area contributed by atoms with Crippen LogP contribution in [-0.2, 0) is 11.4 Å². The van der Waals surface area contributed by atoms with Crippen LogP contribution in [0, 0.1) is 6.92 Å². The SMILES string of the molecule is COc1ccc(COc2cccc(N3CCC(=O)NC3=O)c2C)cc1. The number of carbonyl (C=O) groups excluding carboxylic acids is 2. The van der Waals surface area contributed by atoms with Crippen molar-refractivity contribution in [3.63, 3.8) is 0 Å². The lowest BCUT2D eigenvalue weighted by Gasteiger charge is -2.28. The number of anilines is 1. The Morgan fingerprint density at radius 3 is 2.56 bits per heavy atom. The molecule has 2 aromatic carbocycles. The third-order valence-corrected chi connectivity index (χ3v) is 4.15. The second-order valence-electron chi connectivity index (χ2n) is 5.79. The second kappa shape index (κ2) is 7.25. The van der Waals surface area contributed by atoms with Crippen molar-refractivity contribution in [3.8, 4) is 11.5 Å². The number of benzene rings is 2. The van der Waals surface area contributed by atoms with Crippen molar-refractivity contribution < 1.29 is 19.1 Å². The van der Waals surface area contributed by atoms with Gasteiger partial charge in [-0.2, -0.15) is 0 Å². The van der Waals surface area contributed by atoms with Crippen molar-refractivity contribution in [2.75, 3.05) is 18.6 Å². The summed E-state index contributed by atoms with van der Waals surface area (Å²) in [7, 11) is 1.63. The molecular formula is C19H20N2O4. The summed E-state index contributed by atoms with van der Waals surface area (Å²) in [5, 5.41) is 2.34. The monoisotopic (exact) mass is 340 g/mol. The van der Waals surface area contributed by atoms with Gasteiger partial charge in [-0.05, 0) is 36.8 Å². The van der Waals surface area contributed by atoms with Crippen molar-refractivity contribution in [2.45, 2.75) is 20.0 Å². The van der Waals surface area contributed by atoms with E-state index in [9.17, 15) is 9.59 Å². The van der Waals surface area contributed by atoms with Gasteiger partial charge in [-0.15, -0.1) is 0 Å². The maximum atomic E-state index is 12.0. The highest BCUT2D eigenvalue weighted by Gasteiger charge is 2.25. The van der Waals surface area contributed by atoms with Gasteiger partial charge in [0.25, 0.3) is 0 Å². The second-order valence-corrected chi connectivity index (χ2v) is 5.79. The summed E-state index contributed by atoms with van der Waals surface area (Å²) in [4.78, 5) is 24.9. The molecule has 25 heavy (non-hydrogen) atoms. The maximum absolute atomic E-state index is 12.0. The molecule has 1 heterocycles. The van der Waals surface area contributed by atoms with Gasteiger partial charge >= 0.3 is 6.03 Å². The van der Waals surface area contributed by atoms with E-state index in [0.717, 1.165) is 22.6 Å². The summed E-state index contributed by atoms with van der Waals surface area (Å²) in [6.07, 6.45) is 0.294. The van der Waals surface area contributed by atoms with Gasteiger partial charge in [-0.25, -0.2) is 4.79 Å². The first-order chi connectivity index (χ1) is 12.1. The van der Waals surface area contributed by atoms with Crippen LogP contribution in [0.25, 0.3) is 0 Å². The molecule has 3 rings (SSSR count). The number of carbonyl (C=O) groups is 2. The fourth-order valence-corrected chi connectivity index (χ4v) is 2.73. The number of nitrogens with zero attached hydrogens (tertiary/aromatic N) is 1. The molecule has 1 aliphatic heterocycles. The molecule has 0 radical (unpaired) electrons. The number of hydrogen-bond donors (Lipinski definition) is 1. The molecule has 6 nitrogen and oxygen atoms in total. The zero-order chi connectivity index (χ0) is 17.8. The first-order valence-electron chi connectivity index (χ1n) is 8.05. The van der Waals surface area contributed by atoms with E-state index in [0.29, 0.717) is 25.3 Å². The maximum Gasteiger partial charge on any atom is 0.328 e. The Bertz CT molecular complexity index is 787. The first-order valence-corrected chi connectivity index (χ1v) is 8.05. The van der Waals surface area contributed by atoms with Crippen LogP contribution >= 0.6 is 0 Å². The van der Waals surface area contributed by atoms with Crippen LogP contribution in [0.5, 0.6) is 11.5 Å². The van der Waals surface area contributed by atoms with Crippen LogP contribution in [0.4, 0.5) is 10.5 Å². The molecule has 0 aliphatic carbocycles. The number of amides is 3. The molecule has 0 bridgehead atoms. The molecule has 1 saturated heterocycles. The van der Waals surface area contributed by atoms with E-state index in [2.05, 4.69) is 5.32 Å². The largest absolute Gasteiger partial charge is 0.497 e. The summed E-state index contributed by atoms with van der Waals surface area (Å²) < 4.78 is 11.1. The Labute approximate surface area is 146 Å². The third-order valence-electron chi connectivity index (χ3n) is 4.15. The van der Waals surface area contributed by atoms with Gasteiger partial charge in [-0.1, -0.05) is 18.2 Å². The average Bonchev–Trinajstić information content (AvgIpc) is 2.62. The van der Waals surface area contributed by atoms with Crippen molar-refractivity contribution in [3.05, 3.63) is 53.6 Å². The van der Waals surface area contributed by atoms with E-state index in [4.69, 9.17) is 9.47 Å². The highest BCUT2D eigenvalue weighted by atomic mass is 16.5. The van der Waals surface area contributed by atoms with E-state index in [1.54, 1.807) is 12.0 Å². The molecule has 0 spiro atoms. The Morgan fingerprint density at radius 2 is 1.88 bits per heavy atom. The van der Waals surface area contributed by atoms with Gasteiger partial charge in [0.1, 0.15) is 18.1 Å². The number of ether oxygens (including phenoxy) is 2. The highest BCUT2D eigenvalue weighted by Crippen LogP contribution is 2.30. The summed E-state index contributed by atoms with van der Waals surface area (Å²) in [5.41, 5.74) is 2.63. The van der Waals surface area contributed by atoms with E-state index in [1.807, 2.05) is 49.4 Å². The standard InChI is InChI=1S/C19H20N2O4/c1-13-16(21-11-10-18(22)20-19(21)23)4-3-5-17(13)25-12-14-6-8-15(24-2)9-7-14/h3-9H,10-12H2,1-2H3,(H,20,22,23). The molecule has 0 saturated carbocycles. The summed E-state index contributed by atoms with van der Waals surface area (Å²) in [5.74, 6) is 1.26. The van der Waals surface area contributed by atoms with Crippen LogP contribution in [-0.4, -0.2) is 25.6 Å². The molecule has 2 aromatic rings. The van der Waals surface area contributed by atoms with Crippen LogP contribution in [0.2, 0.25) is 0 Å². The normalized spacial score (nSPS) is 14.2. The fourth-order valence-electron chi connectivity index (χ4n) is 2.73. The van der Waals surface area contributed by atoms with Crippen molar-refractivity contribution in [1.29, 1.82) is 0 Å². The molecule has 1 aliphatic rings. The smallest absolute Gasteiger partial charge is 0.328 e. The molecule has 130 valence electrons. The third kappa shape index (κ3) is 3.74. The highest BCUT2D eigenvalue weighted by molar-refractivity contribution is 6.06. The molecule has 0 aromatic heterocycles. The van der Waals surface area contributed by atoms with Crippen LogP contribution < -0.4 is 19.7 Å². The van der Waals surface area contributed by atoms with E-state index in [1.165, 1.54) is 0 Å². The van der Waals surface area contributed by atoms with Crippen molar-refractivity contribution in [1.82, 2.24) is 5.32 Å². The van der Waals surface area contributed by atoms with Gasteiger partial charge in [0.05, 0.1) is 12.8 Å². The van der Waals surface area contributed by atoms with E-state index in [-0.39, 0.29) is 5.91 Å². The Kier molecular flexibility index (Phi) is 4.88. The average molecular weight is 340 g/mol. The number of imide groups is 1. The van der Waals surface area contributed by atoms with Gasteiger partial charge < -0.3 is 9.47 Å². The minimum absolute atomic E-state index is 0.245. The summed E-state index contributed by atoms with van der Waals surface area (Å²) >= 11 is 0. The minimum Gasteiger partial charge on any atom is -0.497 e. The summed E-state index contributed by atoms with van der Waals surface area (Å²) in [6, 6.07) is 12.8. The Balaban J connectivity index is 1.74. The molecule has 6 heteroatoms. The number of methoxy groups -OCH3 is 1. The molecule has 0 atom stereocenters. The van der Waals surface area contributed by atoms with Crippen LogP contribution in [0.3, 0.4) is 0 Å².